The quantitative estimate of drug-likeness (QED) is 0.614. The van der Waals surface area contributed by atoms with Gasteiger partial charge in [-0.3, -0.25) is 0 Å². The van der Waals surface area contributed by atoms with Gasteiger partial charge in [0, 0.05) is 13.0 Å². The summed E-state index contributed by atoms with van der Waals surface area (Å²) >= 11 is 5.96. The van der Waals surface area contributed by atoms with Gasteiger partial charge in [0.15, 0.2) is 5.69 Å². The van der Waals surface area contributed by atoms with Crippen molar-refractivity contribution in [2.45, 2.75) is 27.7 Å². The number of aromatic nitrogens is 1. The number of aryl methyl sites for hydroxylation is 4. The zero-order chi connectivity index (χ0) is 14.2. The summed E-state index contributed by atoms with van der Waals surface area (Å²) in [6.45, 7) is 7.64. The van der Waals surface area contributed by atoms with Crippen LogP contribution in [0.1, 0.15) is 22.4 Å². The molecule has 0 amide bonds. The summed E-state index contributed by atoms with van der Waals surface area (Å²) in [5, 5.41) is 12.4. The SMILES string of the molecule is Cc1cc(C)c(Oc2cc(Cl)cc(C)[n+]2[O-])c(C)c1. The molecule has 1 heterocycles. The molecule has 19 heavy (non-hydrogen) atoms. The van der Waals surface area contributed by atoms with Crippen LogP contribution in [0.5, 0.6) is 11.6 Å². The van der Waals surface area contributed by atoms with Gasteiger partial charge < -0.3 is 9.94 Å². The van der Waals surface area contributed by atoms with Crippen LogP contribution < -0.4 is 9.47 Å². The van der Waals surface area contributed by atoms with Crippen molar-refractivity contribution >= 4 is 11.6 Å². The highest BCUT2D eigenvalue weighted by Gasteiger charge is 2.15. The summed E-state index contributed by atoms with van der Waals surface area (Å²) in [6, 6.07) is 7.18. The first-order valence-corrected chi connectivity index (χ1v) is 6.41. The van der Waals surface area contributed by atoms with Crippen LogP contribution in [0.4, 0.5) is 0 Å². The number of ether oxygens (including phenoxy) is 1. The fourth-order valence-electron chi connectivity index (χ4n) is 2.15. The fraction of sp³-hybridized carbons (Fsp3) is 0.267. The molecule has 0 spiro atoms. The van der Waals surface area contributed by atoms with Gasteiger partial charge in [-0.1, -0.05) is 29.3 Å². The van der Waals surface area contributed by atoms with E-state index >= 15 is 0 Å². The molecule has 0 unspecified atom stereocenters. The molecule has 0 saturated heterocycles. The van der Waals surface area contributed by atoms with Crippen molar-refractivity contribution in [3.63, 3.8) is 0 Å². The van der Waals surface area contributed by atoms with Gasteiger partial charge in [0.05, 0.1) is 11.1 Å². The molecular formula is C15H16ClNO2. The zero-order valence-electron chi connectivity index (χ0n) is 11.5. The second-order valence-corrected chi connectivity index (χ2v) is 5.21. The number of benzene rings is 1. The second kappa shape index (κ2) is 5.10. The van der Waals surface area contributed by atoms with E-state index < -0.39 is 0 Å². The Kier molecular flexibility index (Phi) is 3.67. The first kappa shape index (κ1) is 13.7. The van der Waals surface area contributed by atoms with E-state index in [0.29, 0.717) is 16.5 Å². The van der Waals surface area contributed by atoms with E-state index in [0.717, 1.165) is 15.9 Å². The molecule has 2 rings (SSSR count). The van der Waals surface area contributed by atoms with Crippen molar-refractivity contribution in [3.05, 3.63) is 56.9 Å². The number of hydrogen-bond donors (Lipinski definition) is 0. The molecular weight excluding hydrogens is 262 g/mol. The van der Waals surface area contributed by atoms with Crippen LogP contribution in [0.2, 0.25) is 5.02 Å². The zero-order valence-corrected chi connectivity index (χ0v) is 12.2. The molecule has 100 valence electrons. The van der Waals surface area contributed by atoms with E-state index in [1.165, 1.54) is 11.6 Å². The molecule has 0 radical (unpaired) electrons. The van der Waals surface area contributed by atoms with Crippen LogP contribution >= 0.6 is 11.6 Å². The van der Waals surface area contributed by atoms with Gasteiger partial charge in [-0.25, -0.2) is 0 Å². The lowest BCUT2D eigenvalue weighted by Gasteiger charge is -2.13. The number of pyridine rings is 1. The minimum Gasteiger partial charge on any atom is -0.616 e. The summed E-state index contributed by atoms with van der Waals surface area (Å²) in [7, 11) is 0. The van der Waals surface area contributed by atoms with Gasteiger partial charge in [-0.05, 0) is 31.9 Å². The van der Waals surface area contributed by atoms with E-state index in [4.69, 9.17) is 16.3 Å². The molecule has 4 heteroatoms. The molecule has 0 aliphatic carbocycles. The third kappa shape index (κ3) is 2.82. The summed E-state index contributed by atoms with van der Waals surface area (Å²) in [5.74, 6) is 0.900. The molecule has 0 atom stereocenters. The largest absolute Gasteiger partial charge is 0.616 e. The average molecular weight is 278 g/mol. The molecule has 0 N–H and O–H groups in total. The molecule has 2 aromatic rings. The predicted molar refractivity (Wildman–Crippen MR) is 75.9 cm³/mol. The first-order chi connectivity index (χ1) is 8.88. The predicted octanol–water partition coefficient (Wildman–Crippen LogP) is 4.00. The van der Waals surface area contributed by atoms with Crippen molar-refractivity contribution in [3.8, 4) is 11.6 Å². The van der Waals surface area contributed by atoms with Crippen LogP contribution in [0.15, 0.2) is 24.3 Å². The lowest BCUT2D eigenvalue weighted by molar-refractivity contribution is -0.617. The Morgan fingerprint density at radius 1 is 1.00 bits per heavy atom. The molecule has 0 aliphatic rings. The monoisotopic (exact) mass is 277 g/mol. The number of rotatable bonds is 2. The van der Waals surface area contributed by atoms with Crippen LogP contribution in [-0.4, -0.2) is 0 Å². The molecule has 1 aromatic heterocycles. The van der Waals surface area contributed by atoms with Gasteiger partial charge in [0.25, 0.3) is 0 Å². The average Bonchev–Trinajstić information content (AvgIpc) is 2.29. The molecule has 1 aromatic carbocycles. The first-order valence-electron chi connectivity index (χ1n) is 6.04. The normalized spacial score (nSPS) is 10.6. The number of hydrogen-bond acceptors (Lipinski definition) is 2. The summed E-state index contributed by atoms with van der Waals surface area (Å²) in [5.41, 5.74) is 3.66. The van der Waals surface area contributed by atoms with E-state index in [2.05, 4.69) is 0 Å². The van der Waals surface area contributed by atoms with Crippen molar-refractivity contribution < 1.29 is 9.47 Å². The minimum absolute atomic E-state index is 0.194. The maximum Gasteiger partial charge on any atom is 0.386 e. The standard InChI is InChI=1S/C15H16ClNO2/c1-9-5-10(2)15(11(3)6-9)19-14-8-13(16)7-12(4)17(14)18/h5-8H,1-4H3. The third-order valence-electron chi connectivity index (χ3n) is 2.94. The fourth-order valence-corrected chi connectivity index (χ4v) is 2.40. The van der Waals surface area contributed by atoms with Gasteiger partial charge in [-0.15, -0.1) is 4.73 Å². The molecule has 0 saturated carbocycles. The molecule has 0 bridgehead atoms. The lowest BCUT2D eigenvalue weighted by atomic mass is 10.1. The molecule has 3 nitrogen and oxygen atoms in total. The topological polar surface area (TPSA) is 36.2 Å². The Labute approximate surface area is 118 Å². The van der Waals surface area contributed by atoms with E-state index in [1.54, 1.807) is 13.0 Å². The Morgan fingerprint density at radius 3 is 2.16 bits per heavy atom. The number of halogens is 1. The van der Waals surface area contributed by atoms with Crippen molar-refractivity contribution in [1.82, 2.24) is 0 Å². The van der Waals surface area contributed by atoms with Crippen molar-refractivity contribution in [1.29, 1.82) is 0 Å². The Morgan fingerprint density at radius 2 is 1.58 bits per heavy atom. The summed E-state index contributed by atoms with van der Waals surface area (Å²) in [4.78, 5) is 0. The maximum atomic E-state index is 11.9. The van der Waals surface area contributed by atoms with E-state index in [9.17, 15) is 5.21 Å². The van der Waals surface area contributed by atoms with Crippen molar-refractivity contribution in [2.75, 3.05) is 0 Å². The van der Waals surface area contributed by atoms with Gasteiger partial charge >= 0.3 is 5.88 Å². The van der Waals surface area contributed by atoms with Crippen LogP contribution in [0, 0.1) is 32.9 Å². The van der Waals surface area contributed by atoms with E-state index in [1.807, 2.05) is 32.9 Å². The minimum atomic E-state index is 0.194. The maximum absolute atomic E-state index is 11.9. The van der Waals surface area contributed by atoms with Gasteiger partial charge in [0.1, 0.15) is 5.75 Å². The Balaban J connectivity index is 2.48. The van der Waals surface area contributed by atoms with Crippen molar-refractivity contribution in [2.24, 2.45) is 0 Å². The lowest BCUT2D eigenvalue weighted by Crippen LogP contribution is -2.31. The van der Waals surface area contributed by atoms with Crippen LogP contribution in [0.3, 0.4) is 0 Å². The third-order valence-corrected chi connectivity index (χ3v) is 3.16. The van der Waals surface area contributed by atoms with E-state index in [-0.39, 0.29) is 5.88 Å². The second-order valence-electron chi connectivity index (χ2n) is 4.78. The highest BCUT2D eigenvalue weighted by molar-refractivity contribution is 6.30. The highest BCUT2D eigenvalue weighted by atomic mass is 35.5. The Bertz CT molecular complexity index is 615. The summed E-state index contributed by atoms with van der Waals surface area (Å²) < 4.78 is 6.49. The number of nitrogens with zero attached hydrogens (tertiary/aromatic N) is 1. The van der Waals surface area contributed by atoms with Gasteiger partial charge in [-0.2, -0.15) is 0 Å². The van der Waals surface area contributed by atoms with Crippen LogP contribution in [0.25, 0.3) is 0 Å². The van der Waals surface area contributed by atoms with Gasteiger partial charge in [0.2, 0.25) is 0 Å². The molecule has 0 fully saturated rings. The molecule has 0 aliphatic heterocycles. The smallest absolute Gasteiger partial charge is 0.386 e. The summed E-state index contributed by atoms with van der Waals surface area (Å²) in [6.07, 6.45) is 0. The van der Waals surface area contributed by atoms with Crippen LogP contribution in [-0.2, 0) is 0 Å². The Hall–Kier alpha value is -1.74. The highest BCUT2D eigenvalue weighted by Crippen LogP contribution is 2.29.